The fourth-order valence-corrected chi connectivity index (χ4v) is 4.40. The zero-order chi connectivity index (χ0) is 24.2. The standard InChI is InChI=1S/C30H27NO3/c1-19-6-4-5-7-27(19)28(18-29(32)26-16-20(2)31-21(3)17-26)24-12-8-22(9-13-24)23-10-14-25(15-11-23)30(33)34/h4-17,28H,18H2,1-3H3,(H,33,34). The summed E-state index contributed by atoms with van der Waals surface area (Å²) >= 11 is 0. The van der Waals surface area contributed by atoms with Crippen molar-refractivity contribution in [1.82, 2.24) is 4.98 Å². The smallest absolute Gasteiger partial charge is 0.335 e. The number of ketones is 1. The second-order valence-corrected chi connectivity index (χ2v) is 8.68. The highest BCUT2D eigenvalue weighted by Crippen LogP contribution is 2.33. The van der Waals surface area contributed by atoms with E-state index in [1.54, 1.807) is 12.1 Å². The summed E-state index contributed by atoms with van der Waals surface area (Å²) in [5, 5.41) is 9.13. The number of nitrogens with zero attached hydrogens (tertiary/aromatic N) is 1. The van der Waals surface area contributed by atoms with Crippen molar-refractivity contribution in [2.45, 2.75) is 33.1 Å². The van der Waals surface area contributed by atoms with Crippen molar-refractivity contribution in [2.75, 3.05) is 0 Å². The molecule has 1 unspecified atom stereocenters. The molecule has 3 aromatic carbocycles. The van der Waals surface area contributed by atoms with Gasteiger partial charge in [-0.3, -0.25) is 9.78 Å². The predicted molar refractivity (Wildman–Crippen MR) is 135 cm³/mol. The van der Waals surface area contributed by atoms with Crippen LogP contribution in [0.1, 0.15) is 61.1 Å². The number of pyridine rings is 1. The van der Waals surface area contributed by atoms with E-state index in [1.165, 1.54) is 0 Å². The summed E-state index contributed by atoms with van der Waals surface area (Å²) in [4.78, 5) is 28.8. The monoisotopic (exact) mass is 449 g/mol. The molecule has 170 valence electrons. The summed E-state index contributed by atoms with van der Waals surface area (Å²) in [7, 11) is 0. The van der Waals surface area contributed by atoms with Crippen molar-refractivity contribution in [1.29, 1.82) is 0 Å². The summed E-state index contributed by atoms with van der Waals surface area (Å²) in [5.41, 5.74) is 7.93. The molecule has 0 radical (unpaired) electrons. The molecule has 0 saturated carbocycles. The molecular weight excluding hydrogens is 422 g/mol. The van der Waals surface area contributed by atoms with Gasteiger partial charge in [0.2, 0.25) is 0 Å². The van der Waals surface area contributed by atoms with Crippen LogP contribution in [-0.4, -0.2) is 21.8 Å². The number of rotatable bonds is 7. The first-order valence-corrected chi connectivity index (χ1v) is 11.3. The van der Waals surface area contributed by atoms with E-state index in [2.05, 4.69) is 36.2 Å². The summed E-state index contributed by atoms with van der Waals surface area (Å²) in [6.07, 6.45) is 0.362. The molecule has 1 atom stereocenters. The largest absolute Gasteiger partial charge is 0.478 e. The molecule has 0 bridgehead atoms. The zero-order valence-corrected chi connectivity index (χ0v) is 19.6. The molecule has 0 spiro atoms. The number of carbonyl (C=O) groups excluding carboxylic acids is 1. The molecule has 4 rings (SSSR count). The van der Waals surface area contributed by atoms with Gasteiger partial charge in [-0.2, -0.15) is 0 Å². The summed E-state index contributed by atoms with van der Waals surface area (Å²) in [5.74, 6) is -0.923. The van der Waals surface area contributed by atoms with Crippen molar-refractivity contribution < 1.29 is 14.7 Å². The first-order chi connectivity index (χ1) is 16.3. The van der Waals surface area contributed by atoms with Crippen LogP contribution >= 0.6 is 0 Å². The lowest BCUT2D eigenvalue weighted by molar-refractivity contribution is 0.0696. The molecule has 1 heterocycles. The Labute approximate surface area is 199 Å². The van der Waals surface area contributed by atoms with Gasteiger partial charge in [0.15, 0.2) is 5.78 Å². The number of Topliss-reactive ketones (excluding diaryl/α,β-unsaturated/α-hetero) is 1. The molecule has 4 heteroatoms. The van der Waals surface area contributed by atoms with Gasteiger partial charge >= 0.3 is 5.97 Å². The minimum Gasteiger partial charge on any atom is -0.478 e. The number of hydrogen-bond acceptors (Lipinski definition) is 3. The van der Waals surface area contributed by atoms with E-state index >= 15 is 0 Å². The van der Waals surface area contributed by atoms with Gasteiger partial charge in [0.25, 0.3) is 0 Å². The Hall–Kier alpha value is -4.05. The number of aromatic nitrogens is 1. The average Bonchev–Trinajstić information content (AvgIpc) is 2.82. The second-order valence-electron chi connectivity index (χ2n) is 8.68. The fraction of sp³-hybridized carbons (Fsp3) is 0.167. The van der Waals surface area contributed by atoms with E-state index in [0.29, 0.717) is 12.0 Å². The minimum atomic E-state index is -0.938. The number of benzene rings is 3. The van der Waals surface area contributed by atoms with Crippen LogP contribution in [0.4, 0.5) is 0 Å². The number of aromatic carboxylic acids is 1. The van der Waals surface area contributed by atoms with Gasteiger partial charge in [0.1, 0.15) is 0 Å². The molecule has 4 nitrogen and oxygen atoms in total. The van der Waals surface area contributed by atoms with Gasteiger partial charge < -0.3 is 5.11 Å². The Morgan fingerprint density at radius 2 is 1.32 bits per heavy atom. The second kappa shape index (κ2) is 9.84. The first-order valence-electron chi connectivity index (χ1n) is 11.3. The zero-order valence-electron chi connectivity index (χ0n) is 19.6. The molecular formula is C30H27NO3. The molecule has 0 aliphatic heterocycles. The number of carboxylic acids is 1. The van der Waals surface area contributed by atoms with Crippen LogP contribution in [-0.2, 0) is 0 Å². The van der Waals surface area contributed by atoms with Crippen LogP contribution in [0.3, 0.4) is 0 Å². The summed E-state index contributed by atoms with van der Waals surface area (Å²) < 4.78 is 0. The number of carbonyl (C=O) groups is 2. The highest BCUT2D eigenvalue weighted by molar-refractivity contribution is 5.97. The molecule has 0 aliphatic rings. The lowest BCUT2D eigenvalue weighted by Crippen LogP contribution is -2.11. The van der Waals surface area contributed by atoms with Crippen molar-refractivity contribution in [3.8, 4) is 11.1 Å². The third-order valence-electron chi connectivity index (χ3n) is 6.14. The van der Waals surface area contributed by atoms with Crippen LogP contribution < -0.4 is 0 Å². The molecule has 0 saturated heterocycles. The fourth-order valence-electron chi connectivity index (χ4n) is 4.40. The van der Waals surface area contributed by atoms with Crippen LogP contribution in [0.25, 0.3) is 11.1 Å². The third-order valence-corrected chi connectivity index (χ3v) is 6.14. The lowest BCUT2D eigenvalue weighted by atomic mass is 9.83. The molecule has 0 amide bonds. The Morgan fingerprint density at radius 3 is 1.88 bits per heavy atom. The van der Waals surface area contributed by atoms with E-state index in [1.807, 2.05) is 62.4 Å². The van der Waals surface area contributed by atoms with Crippen molar-refractivity contribution in [2.24, 2.45) is 0 Å². The van der Waals surface area contributed by atoms with E-state index < -0.39 is 5.97 Å². The van der Waals surface area contributed by atoms with Crippen molar-refractivity contribution >= 4 is 11.8 Å². The first kappa shape index (κ1) is 23.1. The molecule has 1 N–H and O–H groups in total. The lowest BCUT2D eigenvalue weighted by Gasteiger charge is -2.20. The molecule has 1 aromatic heterocycles. The molecule has 0 aliphatic carbocycles. The highest BCUT2D eigenvalue weighted by Gasteiger charge is 2.21. The van der Waals surface area contributed by atoms with E-state index in [4.69, 9.17) is 5.11 Å². The molecule has 4 aromatic rings. The van der Waals surface area contributed by atoms with Gasteiger partial charge in [-0.25, -0.2) is 4.79 Å². The number of aryl methyl sites for hydroxylation is 3. The summed E-state index contributed by atoms with van der Waals surface area (Å²) in [6.45, 7) is 5.89. The van der Waals surface area contributed by atoms with E-state index in [0.717, 1.165) is 39.2 Å². The molecule has 0 fully saturated rings. The topological polar surface area (TPSA) is 67.3 Å². The molecule has 34 heavy (non-hydrogen) atoms. The van der Waals surface area contributed by atoms with Gasteiger partial charge in [0.05, 0.1) is 5.56 Å². The average molecular weight is 450 g/mol. The Balaban J connectivity index is 1.67. The quantitative estimate of drug-likeness (QED) is 0.316. The van der Waals surface area contributed by atoms with Crippen LogP contribution in [0.15, 0.2) is 84.9 Å². The maximum absolute atomic E-state index is 13.3. The van der Waals surface area contributed by atoms with Crippen molar-refractivity contribution in [3.05, 3.63) is 124 Å². The maximum atomic E-state index is 13.3. The van der Waals surface area contributed by atoms with E-state index in [-0.39, 0.29) is 17.3 Å². The third kappa shape index (κ3) is 5.12. The van der Waals surface area contributed by atoms with Crippen LogP contribution in [0.5, 0.6) is 0 Å². The number of carboxylic acid groups (broad SMARTS) is 1. The normalized spacial score (nSPS) is 11.7. The van der Waals surface area contributed by atoms with Crippen LogP contribution in [0, 0.1) is 20.8 Å². The Bertz CT molecular complexity index is 1320. The van der Waals surface area contributed by atoms with E-state index in [9.17, 15) is 9.59 Å². The Kier molecular flexibility index (Phi) is 6.69. The maximum Gasteiger partial charge on any atom is 0.335 e. The SMILES string of the molecule is Cc1cc(C(=O)CC(c2ccc(-c3ccc(C(=O)O)cc3)cc2)c2ccccc2C)cc(C)n1. The van der Waals surface area contributed by atoms with Gasteiger partial charge in [0, 0.05) is 29.3 Å². The van der Waals surface area contributed by atoms with Gasteiger partial charge in [-0.15, -0.1) is 0 Å². The number of hydrogen-bond donors (Lipinski definition) is 1. The van der Waals surface area contributed by atoms with Crippen molar-refractivity contribution in [3.63, 3.8) is 0 Å². The van der Waals surface area contributed by atoms with Gasteiger partial charge in [-0.05, 0) is 72.9 Å². The van der Waals surface area contributed by atoms with Crippen LogP contribution in [0.2, 0.25) is 0 Å². The minimum absolute atomic E-state index is 0.0779. The highest BCUT2D eigenvalue weighted by atomic mass is 16.4. The van der Waals surface area contributed by atoms with Gasteiger partial charge in [-0.1, -0.05) is 60.7 Å². The predicted octanol–water partition coefficient (Wildman–Crippen LogP) is 6.78. The summed E-state index contributed by atoms with van der Waals surface area (Å²) in [6, 6.07) is 26.9. The Morgan fingerprint density at radius 1 is 0.765 bits per heavy atom.